The molecule has 3 rings (SSSR count). The highest BCUT2D eigenvalue weighted by molar-refractivity contribution is 6.03. The minimum atomic E-state index is -0.841. The number of carboxylic acids is 1. The molecular formula is C25H31N3O4. The van der Waals surface area contributed by atoms with Crippen LogP contribution in [0.15, 0.2) is 54.6 Å². The molecule has 170 valence electrons. The smallest absolute Gasteiger partial charge is 0.310 e. The Hall–Kier alpha value is -3.16. The average Bonchev–Trinajstić information content (AvgIpc) is 2.77. The first-order valence-corrected chi connectivity index (χ1v) is 11.0. The molecule has 0 saturated carbocycles. The van der Waals surface area contributed by atoms with Crippen LogP contribution in [0.4, 0.5) is 11.4 Å². The molecule has 1 heterocycles. The van der Waals surface area contributed by atoms with Gasteiger partial charge >= 0.3 is 5.97 Å². The second-order valence-corrected chi connectivity index (χ2v) is 8.21. The first kappa shape index (κ1) is 23.5. The van der Waals surface area contributed by atoms with Crippen LogP contribution in [0, 0.1) is 0 Å². The van der Waals surface area contributed by atoms with Gasteiger partial charge in [-0.2, -0.15) is 0 Å². The van der Waals surface area contributed by atoms with Crippen molar-refractivity contribution in [2.75, 3.05) is 30.7 Å². The summed E-state index contributed by atoms with van der Waals surface area (Å²) in [7, 11) is 0. The molecule has 32 heavy (non-hydrogen) atoms. The molecule has 1 amide bonds. The molecule has 1 aliphatic heterocycles. The molecule has 0 aliphatic carbocycles. The number of rotatable bonds is 9. The number of β-amino-alcohol motifs (C(OH)–C–C–N with tert-alkyl or cyclic N) is 1. The Labute approximate surface area is 188 Å². The number of hydrogen-bond acceptors (Lipinski definition) is 5. The number of para-hydroxylation sites is 2. The number of aliphatic hydroxyl groups is 1. The summed E-state index contributed by atoms with van der Waals surface area (Å²) in [4.78, 5) is 26.1. The van der Waals surface area contributed by atoms with Crippen LogP contribution in [0.1, 0.15) is 42.7 Å². The number of nitrogens with zero attached hydrogens (tertiary/aromatic N) is 1. The lowest BCUT2D eigenvalue weighted by atomic mass is 9.93. The quantitative estimate of drug-likeness (QED) is 0.353. The number of carbonyl (C=O) groups excluding carboxylic acids is 1. The lowest BCUT2D eigenvalue weighted by Crippen LogP contribution is -2.38. The summed E-state index contributed by atoms with van der Waals surface area (Å²) < 4.78 is 0. The van der Waals surface area contributed by atoms with E-state index in [1.54, 1.807) is 42.5 Å². The monoisotopic (exact) mass is 437 g/mol. The minimum absolute atomic E-state index is 0.272. The number of nitrogens with one attached hydrogen (secondary N) is 1. The predicted octanol–water partition coefficient (Wildman–Crippen LogP) is 3.33. The third-order valence-corrected chi connectivity index (χ3v) is 5.73. The van der Waals surface area contributed by atoms with Crippen molar-refractivity contribution in [2.45, 2.75) is 37.7 Å². The van der Waals surface area contributed by atoms with Gasteiger partial charge in [-0.25, -0.2) is 0 Å². The number of aliphatic carboxylic acids is 1. The summed E-state index contributed by atoms with van der Waals surface area (Å²) >= 11 is 0. The largest absolute Gasteiger partial charge is 0.481 e. The van der Waals surface area contributed by atoms with Crippen LogP contribution in [0.5, 0.6) is 0 Å². The number of carboxylic acid groups (broad SMARTS) is 1. The molecule has 0 spiro atoms. The van der Waals surface area contributed by atoms with Crippen LogP contribution in [-0.4, -0.2) is 52.7 Å². The number of aliphatic hydroxyl groups excluding tert-OH is 1. The van der Waals surface area contributed by atoms with Gasteiger partial charge in [0.25, 0.3) is 0 Å². The number of nitrogen functional groups attached to an aromatic ring is 1. The summed E-state index contributed by atoms with van der Waals surface area (Å²) in [5.41, 5.74) is 8.43. The Morgan fingerprint density at radius 2 is 1.94 bits per heavy atom. The van der Waals surface area contributed by atoms with Crippen molar-refractivity contribution < 1.29 is 19.8 Å². The highest BCUT2D eigenvalue weighted by Crippen LogP contribution is 2.23. The summed E-state index contributed by atoms with van der Waals surface area (Å²) in [6, 6.07) is 14.3. The van der Waals surface area contributed by atoms with E-state index in [1.807, 2.05) is 12.1 Å². The highest BCUT2D eigenvalue weighted by Gasteiger charge is 2.21. The third kappa shape index (κ3) is 6.93. The van der Waals surface area contributed by atoms with Gasteiger partial charge in [-0.05, 0) is 68.1 Å². The van der Waals surface area contributed by atoms with Crippen molar-refractivity contribution in [3.63, 3.8) is 0 Å². The predicted molar refractivity (Wildman–Crippen MR) is 126 cm³/mol. The number of nitrogens with two attached hydrogens (primary N) is 1. The van der Waals surface area contributed by atoms with E-state index in [9.17, 15) is 19.8 Å². The van der Waals surface area contributed by atoms with E-state index in [4.69, 9.17) is 5.73 Å². The third-order valence-electron chi connectivity index (χ3n) is 5.73. The molecular weight excluding hydrogens is 406 g/mol. The van der Waals surface area contributed by atoms with Crippen molar-refractivity contribution in [3.8, 4) is 0 Å². The molecule has 2 aromatic rings. The molecule has 2 unspecified atom stereocenters. The Balaban J connectivity index is 1.53. The number of likely N-dealkylation sites (tertiary alicyclic amines) is 1. The van der Waals surface area contributed by atoms with Crippen LogP contribution < -0.4 is 11.1 Å². The molecule has 0 aromatic heterocycles. The second kappa shape index (κ2) is 11.5. The van der Waals surface area contributed by atoms with Gasteiger partial charge in [0.2, 0.25) is 5.91 Å². The SMILES string of the molecule is Nc1ccccc1NC(=O)/C=C/c1ccc(C(CCCN2CCCC(O)C2)C(=O)O)cc1. The molecule has 2 aromatic carbocycles. The minimum Gasteiger partial charge on any atom is -0.481 e. The van der Waals surface area contributed by atoms with Crippen molar-refractivity contribution in [1.82, 2.24) is 4.90 Å². The molecule has 7 nitrogen and oxygen atoms in total. The van der Waals surface area contributed by atoms with Gasteiger partial charge in [-0.1, -0.05) is 36.4 Å². The fourth-order valence-corrected chi connectivity index (χ4v) is 3.98. The number of carbonyl (C=O) groups is 2. The van der Waals surface area contributed by atoms with Crippen LogP contribution in [0.25, 0.3) is 6.08 Å². The number of benzene rings is 2. The van der Waals surface area contributed by atoms with E-state index in [1.165, 1.54) is 6.08 Å². The Bertz CT molecular complexity index is 942. The zero-order valence-corrected chi connectivity index (χ0v) is 18.1. The van der Waals surface area contributed by atoms with Gasteiger partial charge in [0.1, 0.15) is 0 Å². The standard InChI is InChI=1S/C25H31N3O4/c26-22-7-1-2-8-23(22)27-24(30)14-11-18-9-12-19(13-10-18)21(25(31)32)6-4-16-28-15-3-5-20(29)17-28/h1-2,7-14,20-21,29H,3-6,15-17,26H2,(H,27,30)(H,31,32)/b14-11+. The lowest BCUT2D eigenvalue weighted by molar-refractivity contribution is -0.139. The molecule has 1 saturated heterocycles. The van der Waals surface area contributed by atoms with Gasteiger partial charge < -0.3 is 26.2 Å². The van der Waals surface area contributed by atoms with Crippen molar-refractivity contribution in [3.05, 3.63) is 65.7 Å². The van der Waals surface area contributed by atoms with E-state index in [0.717, 1.165) is 43.5 Å². The van der Waals surface area contributed by atoms with Crippen LogP contribution >= 0.6 is 0 Å². The fourth-order valence-electron chi connectivity index (χ4n) is 3.98. The summed E-state index contributed by atoms with van der Waals surface area (Å²) in [5, 5.41) is 22.2. The van der Waals surface area contributed by atoms with E-state index in [-0.39, 0.29) is 12.0 Å². The van der Waals surface area contributed by atoms with Crippen LogP contribution in [0.3, 0.4) is 0 Å². The number of piperidine rings is 1. The maximum atomic E-state index is 12.1. The van der Waals surface area contributed by atoms with Gasteiger partial charge in [-0.3, -0.25) is 9.59 Å². The zero-order valence-electron chi connectivity index (χ0n) is 18.1. The lowest BCUT2D eigenvalue weighted by Gasteiger charge is -2.30. The normalized spacial score (nSPS) is 17.8. The number of hydrogen-bond donors (Lipinski definition) is 4. The number of amides is 1. The molecule has 5 N–H and O–H groups in total. The Kier molecular flexibility index (Phi) is 8.41. The first-order chi connectivity index (χ1) is 15.4. The Morgan fingerprint density at radius 1 is 1.19 bits per heavy atom. The molecule has 0 bridgehead atoms. The maximum Gasteiger partial charge on any atom is 0.310 e. The fraction of sp³-hybridized carbons (Fsp3) is 0.360. The maximum absolute atomic E-state index is 12.1. The highest BCUT2D eigenvalue weighted by atomic mass is 16.4. The summed E-state index contributed by atoms with van der Waals surface area (Å²) in [6.45, 7) is 2.42. The van der Waals surface area contributed by atoms with Crippen LogP contribution in [0.2, 0.25) is 0 Å². The van der Waals surface area contributed by atoms with Gasteiger partial charge in [0.15, 0.2) is 0 Å². The molecule has 7 heteroatoms. The van der Waals surface area contributed by atoms with E-state index in [0.29, 0.717) is 24.3 Å². The van der Waals surface area contributed by atoms with Gasteiger partial charge in [-0.15, -0.1) is 0 Å². The average molecular weight is 438 g/mol. The van der Waals surface area contributed by atoms with E-state index in [2.05, 4.69) is 10.2 Å². The number of anilines is 2. The van der Waals surface area contributed by atoms with Crippen molar-refractivity contribution in [1.29, 1.82) is 0 Å². The van der Waals surface area contributed by atoms with E-state index >= 15 is 0 Å². The van der Waals surface area contributed by atoms with Crippen LogP contribution in [-0.2, 0) is 9.59 Å². The van der Waals surface area contributed by atoms with Crippen molar-refractivity contribution in [2.24, 2.45) is 0 Å². The summed E-state index contributed by atoms with van der Waals surface area (Å²) in [6.07, 6.45) is 5.95. The molecule has 2 atom stereocenters. The van der Waals surface area contributed by atoms with Gasteiger partial charge in [0, 0.05) is 12.6 Å². The zero-order chi connectivity index (χ0) is 22.9. The summed E-state index contributed by atoms with van der Waals surface area (Å²) in [5.74, 6) is -1.71. The molecule has 1 aliphatic rings. The topological polar surface area (TPSA) is 116 Å². The molecule has 1 fully saturated rings. The second-order valence-electron chi connectivity index (χ2n) is 8.21. The van der Waals surface area contributed by atoms with Crippen molar-refractivity contribution >= 4 is 29.3 Å². The first-order valence-electron chi connectivity index (χ1n) is 11.0. The van der Waals surface area contributed by atoms with E-state index < -0.39 is 11.9 Å². The molecule has 0 radical (unpaired) electrons. The van der Waals surface area contributed by atoms with Gasteiger partial charge in [0.05, 0.1) is 23.4 Å². The Morgan fingerprint density at radius 3 is 2.62 bits per heavy atom.